The van der Waals surface area contributed by atoms with Crippen LogP contribution in [0, 0.1) is 0 Å². The highest BCUT2D eigenvalue weighted by Gasteiger charge is 2.45. The Hall–Kier alpha value is -4.32. The van der Waals surface area contributed by atoms with E-state index in [1.807, 2.05) is 31.2 Å². The van der Waals surface area contributed by atoms with Gasteiger partial charge < -0.3 is 14.6 Å². The number of aromatic hydroxyl groups is 1. The lowest BCUT2D eigenvalue weighted by atomic mass is 9.94. The zero-order chi connectivity index (χ0) is 23.1. The predicted molar refractivity (Wildman–Crippen MR) is 124 cm³/mol. The molecule has 2 N–H and O–H groups in total. The zero-order valence-corrected chi connectivity index (χ0v) is 17.9. The third-order valence-corrected chi connectivity index (χ3v) is 5.93. The summed E-state index contributed by atoms with van der Waals surface area (Å²) in [6, 6.07) is 21.6. The lowest BCUT2D eigenvalue weighted by Gasteiger charge is -2.27. The van der Waals surface area contributed by atoms with E-state index < -0.39 is 23.5 Å². The van der Waals surface area contributed by atoms with E-state index in [2.05, 4.69) is 0 Å². The van der Waals surface area contributed by atoms with E-state index in [0.717, 1.165) is 17.4 Å². The predicted octanol–water partition coefficient (Wildman–Crippen LogP) is 5.48. The molecule has 33 heavy (non-hydrogen) atoms. The number of carbonyl (C=O) groups is 2. The smallest absolute Gasteiger partial charge is 0.294 e. The van der Waals surface area contributed by atoms with Crippen molar-refractivity contribution in [1.82, 2.24) is 0 Å². The molecule has 0 saturated heterocycles. The molecule has 2 heterocycles. The van der Waals surface area contributed by atoms with Gasteiger partial charge in [-0.25, -0.2) is 0 Å². The number of phenolic OH excluding ortho intramolecular Hbond substituents is 1. The van der Waals surface area contributed by atoms with Crippen LogP contribution in [0.2, 0.25) is 0 Å². The van der Waals surface area contributed by atoms with E-state index in [9.17, 15) is 19.8 Å². The van der Waals surface area contributed by atoms with Gasteiger partial charge in [0.15, 0.2) is 11.5 Å². The van der Waals surface area contributed by atoms with Crippen molar-refractivity contribution in [2.75, 3.05) is 4.90 Å². The van der Waals surface area contributed by atoms with Gasteiger partial charge in [-0.15, -0.1) is 0 Å². The first-order chi connectivity index (χ1) is 16.0. The molecule has 1 aromatic heterocycles. The molecule has 3 aromatic carbocycles. The van der Waals surface area contributed by atoms with Crippen molar-refractivity contribution in [1.29, 1.82) is 0 Å². The fourth-order valence-corrected chi connectivity index (χ4v) is 4.19. The Morgan fingerprint density at radius 3 is 2.33 bits per heavy atom. The number of benzene rings is 3. The van der Waals surface area contributed by atoms with Crippen molar-refractivity contribution < 1.29 is 24.2 Å². The highest BCUT2D eigenvalue weighted by Crippen LogP contribution is 2.42. The number of aliphatic hydroxyl groups excluding tert-OH is 1. The van der Waals surface area contributed by atoms with Crippen LogP contribution in [0.15, 0.2) is 94.6 Å². The van der Waals surface area contributed by atoms with Gasteiger partial charge in [0, 0.05) is 11.1 Å². The number of Topliss-reactive ketones (excluding diaryl/α,β-unsaturated/α-hetero) is 1. The number of para-hydroxylation sites is 1. The van der Waals surface area contributed by atoms with Crippen molar-refractivity contribution in [3.63, 3.8) is 0 Å². The van der Waals surface area contributed by atoms with E-state index >= 15 is 0 Å². The average Bonchev–Trinajstić information content (AvgIpc) is 3.39. The maximum Gasteiger partial charge on any atom is 0.294 e. The lowest BCUT2D eigenvalue weighted by Crippen LogP contribution is -2.31. The standard InChI is InChI=1S/C27H21NO5/c1-2-16-7-11-19(12-8-16)28-24(17-9-13-20(29)14-10-17)23(26(31)27(28)32)25(30)22-15-18-5-3-4-6-21(18)33-22/h3-15,24,29,31H,2H2,1H3. The number of amides is 1. The summed E-state index contributed by atoms with van der Waals surface area (Å²) in [7, 11) is 0. The van der Waals surface area contributed by atoms with Gasteiger partial charge in [-0.3, -0.25) is 14.5 Å². The minimum absolute atomic E-state index is 0.0394. The van der Waals surface area contributed by atoms with E-state index in [-0.39, 0.29) is 17.1 Å². The van der Waals surface area contributed by atoms with Crippen molar-refractivity contribution in [2.45, 2.75) is 19.4 Å². The van der Waals surface area contributed by atoms with Crippen molar-refractivity contribution >= 4 is 28.3 Å². The molecule has 164 valence electrons. The van der Waals surface area contributed by atoms with E-state index in [1.165, 1.54) is 17.0 Å². The van der Waals surface area contributed by atoms with E-state index in [1.54, 1.807) is 42.5 Å². The first-order valence-corrected chi connectivity index (χ1v) is 10.7. The number of aryl methyl sites for hydroxylation is 1. The molecule has 1 aliphatic heterocycles. The third-order valence-electron chi connectivity index (χ3n) is 5.93. The van der Waals surface area contributed by atoms with Crippen LogP contribution in [-0.2, 0) is 11.2 Å². The molecular formula is C27H21NO5. The number of fused-ring (bicyclic) bond motifs is 1. The van der Waals surface area contributed by atoms with Gasteiger partial charge in [-0.05, 0) is 53.9 Å². The molecule has 0 aliphatic carbocycles. The monoisotopic (exact) mass is 439 g/mol. The second kappa shape index (κ2) is 7.98. The average molecular weight is 439 g/mol. The Labute approximate surface area is 190 Å². The number of hydrogen-bond donors (Lipinski definition) is 2. The molecule has 4 aromatic rings. The highest BCUT2D eigenvalue weighted by molar-refractivity contribution is 6.20. The van der Waals surface area contributed by atoms with Crippen molar-refractivity contribution in [3.05, 3.63) is 107 Å². The quantitative estimate of drug-likeness (QED) is 0.402. The minimum Gasteiger partial charge on any atom is -0.508 e. The number of carbonyl (C=O) groups excluding carboxylic acids is 2. The first kappa shape index (κ1) is 20.6. The van der Waals surface area contributed by atoms with Gasteiger partial charge in [-0.2, -0.15) is 0 Å². The number of rotatable bonds is 5. The third kappa shape index (κ3) is 3.46. The number of hydrogen-bond acceptors (Lipinski definition) is 5. The van der Waals surface area contributed by atoms with Gasteiger partial charge in [0.05, 0.1) is 11.6 Å². The fraction of sp³-hybridized carbons (Fsp3) is 0.111. The fourth-order valence-electron chi connectivity index (χ4n) is 4.19. The van der Waals surface area contributed by atoms with Crippen LogP contribution in [-0.4, -0.2) is 21.9 Å². The van der Waals surface area contributed by atoms with Gasteiger partial charge in [0.25, 0.3) is 5.91 Å². The van der Waals surface area contributed by atoms with Crippen LogP contribution in [0.5, 0.6) is 5.75 Å². The molecular weight excluding hydrogens is 418 g/mol. The minimum atomic E-state index is -0.883. The summed E-state index contributed by atoms with van der Waals surface area (Å²) in [5.74, 6) is -1.75. The second-order valence-electron chi connectivity index (χ2n) is 7.93. The van der Waals surface area contributed by atoms with Gasteiger partial charge in [-0.1, -0.05) is 49.4 Å². The maximum absolute atomic E-state index is 13.6. The van der Waals surface area contributed by atoms with Crippen LogP contribution in [0.1, 0.15) is 34.6 Å². The summed E-state index contributed by atoms with van der Waals surface area (Å²) in [5.41, 5.74) is 2.70. The number of nitrogens with zero attached hydrogens (tertiary/aromatic N) is 1. The Morgan fingerprint density at radius 1 is 0.970 bits per heavy atom. The summed E-state index contributed by atoms with van der Waals surface area (Å²) < 4.78 is 5.74. The Bertz CT molecular complexity index is 1360. The normalized spacial score (nSPS) is 16.1. The Kier molecular flexibility index (Phi) is 4.98. The SMILES string of the molecule is CCc1ccc(N2C(=O)C(O)=C(C(=O)c3cc4ccccc4o3)C2c2ccc(O)cc2)cc1. The van der Waals surface area contributed by atoms with Gasteiger partial charge in [0.1, 0.15) is 11.3 Å². The number of phenols is 1. The van der Waals surface area contributed by atoms with Crippen molar-refractivity contribution in [3.8, 4) is 5.75 Å². The maximum atomic E-state index is 13.6. The Balaban J connectivity index is 1.64. The molecule has 0 bridgehead atoms. The topological polar surface area (TPSA) is 91.0 Å². The van der Waals surface area contributed by atoms with Crippen LogP contribution < -0.4 is 4.90 Å². The molecule has 0 saturated carbocycles. The molecule has 1 aliphatic rings. The van der Waals surface area contributed by atoms with Crippen LogP contribution >= 0.6 is 0 Å². The number of ketones is 1. The molecule has 0 spiro atoms. The summed E-state index contributed by atoms with van der Waals surface area (Å²) in [4.78, 5) is 28.2. The molecule has 1 atom stereocenters. The summed E-state index contributed by atoms with van der Waals surface area (Å²) in [5, 5.41) is 21.4. The number of aliphatic hydroxyl groups is 1. The number of anilines is 1. The van der Waals surface area contributed by atoms with Crippen LogP contribution in [0.4, 0.5) is 5.69 Å². The second-order valence-corrected chi connectivity index (χ2v) is 7.93. The largest absolute Gasteiger partial charge is 0.508 e. The molecule has 6 heteroatoms. The lowest BCUT2D eigenvalue weighted by molar-refractivity contribution is -0.117. The van der Waals surface area contributed by atoms with Crippen LogP contribution in [0.25, 0.3) is 11.0 Å². The summed E-state index contributed by atoms with van der Waals surface area (Å²) >= 11 is 0. The molecule has 5 rings (SSSR count). The highest BCUT2D eigenvalue weighted by atomic mass is 16.3. The van der Waals surface area contributed by atoms with E-state index in [0.29, 0.717) is 16.8 Å². The molecule has 6 nitrogen and oxygen atoms in total. The first-order valence-electron chi connectivity index (χ1n) is 10.7. The summed E-state index contributed by atoms with van der Waals surface area (Å²) in [6.07, 6.45) is 0.842. The molecule has 0 radical (unpaired) electrons. The molecule has 1 unspecified atom stereocenters. The van der Waals surface area contributed by atoms with E-state index in [4.69, 9.17) is 4.42 Å². The van der Waals surface area contributed by atoms with Crippen LogP contribution in [0.3, 0.4) is 0 Å². The number of furan rings is 1. The Morgan fingerprint density at radius 2 is 1.67 bits per heavy atom. The zero-order valence-electron chi connectivity index (χ0n) is 17.9. The summed E-state index contributed by atoms with van der Waals surface area (Å²) in [6.45, 7) is 2.03. The molecule has 0 fully saturated rings. The van der Waals surface area contributed by atoms with Gasteiger partial charge >= 0.3 is 0 Å². The molecule has 1 amide bonds. The van der Waals surface area contributed by atoms with Gasteiger partial charge in [0.2, 0.25) is 5.78 Å². The van der Waals surface area contributed by atoms with Crippen molar-refractivity contribution in [2.24, 2.45) is 0 Å².